The second-order valence-corrected chi connectivity index (χ2v) is 5.27. The van der Waals surface area contributed by atoms with Gasteiger partial charge in [-0.25, -0.2) is 4.98 Å². The van der Waals surface area contributed by atoms with Crippen molar-refractivity contribution in [3.63, 3.8) is 0 Å². The quantitative estimate of drug-likeness (QED) is 0.819. The van der Waals surface area contributed by atoms with E-state index >= 15 is 0 Å². The Hall–Kier alpha value is -1.39. The van der Waals surface area contributed by atoms with Gasteiger partial charge in [-0.1, -0.05) is 31.0 Å². The predicted octanol–water partition coefficient (Wildman–Crippen LogP) is 3.65. The number of aryl methyl sites for hydroxylation is 1. The summed E-state index contributed by atoms with van der Waals surface area (Å²) in [6.07, 6.45) is 5.04. The molecule has 0 aromatic carbocycles. The molecule has 0 aliphatic rings. The van der Waals surface area contributed by atoms with Gasteiger partial charge in [-0.15, -0.1) is 0 Å². The molecule has 0 spiro atoms. The molecular formula is C15H21ClN4. The highest BCUT2D eigenvalue weighted by Gasteiger charge is 2.10. The zero-order chi connectivity index (χ0) is 14.4. The highest BCUT2D eigenvalue weighted by Crippen LogP contribution is 2.16. The smallest absolute Gasteiger partial charge is 0.151 e. The lowest BCUT2D eigenvalue weighted by Gasteiger charge is -2.12. The molecule has 0 unspecified atom stereocenters. The molecule has 108 valence electrons. The van der Waals surface area contributed by atoms with Gasteiger partial charge in [-0.2, -0.15) is 0 Å². The van der Waals surface area contributed by atoms with Gasteiger partial charge in [-0.3, -0.25) is 4.98 Å². The predicted molar refractivity (Wildman–Crippen MR) is 81.7 cm³/mol. The summed E-state index contributed by atoms with van der Waals surface area (Å²) in [6, 6.07) is 6.10. The number of aromatic nitrogens is 3. The molecule has 0 saturated heterocycles. The molecule has 20 heavy (non-hydrogen) atoms. The van der Waals surface area contributed by atoms with Crippen molar-refractivity contribution in [3.8, 4) is 0 Å². The third kappa shape index (κ3) is 4.05. The van der Waals surface area contributed by atoms with E-state index in [9.17, 15) is 0 Å². The fraction of sp³-hybridized carbons (Fsp3) is 0.467. The van der Waals surface area contributed by atoms with Gasteiger partial charge in [0.2, 0.25) is 0 Å². The summed E-state index contributed by atoms with van der Waals surface area (Å²) in [5.74, 6) is 0.971. The van der Waals surface area contributed by atoms with E-state index in [1.54, 1.807) is 6.20 Å². The molecule has 1 atom stereocenters. The minimum Gasteiger partial charge on any atom is -0.344 e. The Kier molecular flexibility index (Phi) is 5.56. The fourth-order valence-electron chi connectivity index (χ4n) is 2.01. The van der Waals surface area contributed by atoms with Crippen molar-refractivity contribution >= 4 is 11.6 Å². The first-order chi connectivity index (χ1) is 9.70. The number of hydrogen-bond acceptors (Lipinski definition) is 3. The number of H-pyrrole nitrogens is 1. The average Bonchev–Trinajstić information content (AvgIpc) is 2.83. The molecule has 0 saturated carbocycles. The van der Waals surface area contributed by atoms with Crippen LogP contribution >= 0.6 is 11.6 Å². The molecule has 2 rings (SSSR count). The zero-order valence-corrected chi connectivity index (χ0v) is 12.7. The van der Waals surface area contributed by atoms with Crippen LogP contribution in [0.1, 0.15) is 49.9 Å². The Morgan fingerprint density at radius 1 is 1.40 bits per heavy atom. The van der Waals surface area contributed by atoms with Crippen LogP contribution in [-0.4, -0.2) is 15.0 Å². The van der Waals surface area contributed by atoms with Crippen LogP contribution < -0.4 is 5.32 Å². The van der Waals surface area contributed by atoms with Gasteiger partial charge >= 0.3 is 0 Å². The van der Waals surface area contributed by atoms with Gasteiger partial charge in [0.05, 0.1) is 11.4 Å². The van der Waals surface area contributed by atoms with E-state index < -0.39 is 0 Å². The Balaban J connectivity index is 1.92. The molecule has 2 aromatic rings. The van der Waals surface area contributed by atoms with E-state index in [0.29, 0.717) is 11.7 Å². The van der Waals surface area contributed by atoms with Gasteiger partial charge in [-0.05, 0) is 25.5 Å². The van der Waals surface area contributed by atoms with Crippen LogP contribution in [-0.2, 0) is 13.0 Å². The van der Waals surface area contributed by atoms with Gasteiger partial charge in [0, 0.05) is 25.2 Å². The molecule has 0 fully saturated rings. The van der Waals surface area contributed by atoms with Gasteiger partial charge in [0.1, 0.15) is 5.82 Å². The van der Waals surface area contributed by atoms with Crippen molar-refractivity contribution in [2.45, 2.75) is 45.7 Å². The van der Waals surface area contributed by atoms with E-state index in [1.165, 1.54) is 0 Å². The first-order valence-corrected chi connectivity index (χ1v) is 7.46. The molecular weight excluding hydrogens is 272 g/mol. The molecule has 0 aliphatic carbocycles. The van der Waals surface area contributed by atoms with Crippen LogP contribution in [0.15, 0.2) is 24.4 Å². The maximum atomic E-state index is 6.16. The van der Waals surface area contributed by atoms with E-state index in [0.717, 1.165) is 36.5 Å². The molecule has 2 heterocycles. The molecule has 0 bridgehead atoms. The van der Waals surface area contributed by atoms with E-state index in [-0.39, 0.29) is 6.04 Å². The molecule has 2 aromatic heterocycles. The number of unbranched alkanes of at least 4 members (excludes halogenated alkanes) is 1. The molecule has 2 N–H and O–H groups in total. The molecule has 4 nitrogen and oxygen atoms in total. The first-order valence-electron chi connectivity index (χ1n) is 7.08. The number of nitrogens with zero attached hydrogens (tertiary/aromatic N) is 2. The number of rotatable bonds is 7. The van der Waals surface area contributed by atoms with Crippen LogP contribution in [0.2, 0.25) is 5.15 Å². The lowest BCUT2D eigenvalue weighted by atomic mass is 10.2. The number of aromatic amines is 1. The topological polar surface area (TPSA) is 53.6 Å². The number of halogens is 1. The fourth-order valence-corrected chi connectivity index (χ4v) is 2.23. The van der Waals surface area contributed by atoms with Crippen molar-refractivity contribution in [2.75, 3.05) is 0 Å². The Bertz CT molecular complexity index is 524. The van der Waals surface area contributed by atoms with Crippen molar-refractivity contribution in [2.24, 2.45) is 0 Å². The third-order valence-corrected chi connectivity index (χ3v) is 3.57. The SMILES string of the molecule is CCCCc1nc(Cl)c(CN[C@@H](C)c2ccccn2)[nH]1. The number of pyridine rings is 1. The molecule has 0 radical (unpaired) electrons. The van der Waals surface area contributed by atoms with Crippen LogP contribution in [0.4, 0.5) is 0 Å². The average molecular weight is 293 g/mol. The number of imidazole rings is 1. The van der Waals surface area contributed by atoms with Gasteiger partial charge in [0.25, 0.3) is 0 Å². The molecule has 0 amide bonds. The van der Waals surface area contributed by atoms with Crippen molar-refractivity contribution in [1.29, 1.82) is 0 Å². The maximum absolute atomic E-state index is 6.16. The van der Waals surface area contributed by atoms with Gasteiger partial charge in [0.15, 0.2) is 5.15 Å². The van der Waals surface area contributed by atoms with E-state index in [4.69, 9.17) is 11.6 Å². The third-order valence-electron chi connectivity index (χ3n) is 3.26. The summed E-state index contributed by atoms with van der Waals surface area (Å²) in [7, 11) is 0. The highest BCUT2D eigenvalue weighted by atomic mass is 35.5. The van der Waals surface area contributed by atoms with Gasteiger partial charge < -0.3 is 10.3 Å². The second-order valence-electron chi connectivity index (χ2n) is 4.91. The molecule has 5 heteroatoms. The summed E-state index contributed by atoms with van der Waals surface area (Å²) in [4.78, 5) is 12.0. The monoisotopic (exact) mass is 292 g/mol. The summed E-state index contributed by atoms with van der Waals surface area (Å²) in [5, 5.41) is 3.97. The highest BCUT2D eigenvalue weighted by molar-refractivity contribution is 6.30. The van der Waals surface area contributed by atoms with Crippen molar-refractivity contribution in [1.82, 2.24) is 20.3 Å². The van der Waals surface area contributed by atoms with Crippen molar-refractivity contribution in [3.05, 3.63) is 46.8 Å². The largest absolute Gasteiger partial charge is 0.344 e. The number of nitrogens with one attached hydrogen (secondary N) is 2. The second kappa shape index (κ2) is 7.41. The summed E-state index contributed by atoms with van der Waals surface area (Å²) in [5.41, 5.74) is 1.97. The summed E-state index contributed by atoms with van der Waals surface area (Å²) in [6.45, 7) is 4.92. The standard InChI is InChI=1S/C15H21ClN4/c1-3-4-8-14-19-13(15(16)20-14)10-18-11(2)12-7-5-6-9-17-12/h5-7,9,11,18H,3-4,8,10H2,1-2H3,(H,19,20)/t11-/m0/s1. The maximum Gasteiger partial charge on any atom is 0.151 e. The zero-order valence-electron chi connectivity index (χ0n) is 12.0. The first kappa shape index (κ1) is 15.0. The Morgan fingerprint density at radius 3 is 2.95 bits per heavy atom. The Morgan fingerprint density at radius 2 is 2.25 bits per heavy atom. The normalized spacial score (nSPS) is 12.6. The van der Waals surface area contributed by atoms with Crippen LogP contribution in [0.5, 0.6) is 0 Å². The summed E-state index contributed by atoms with van der Waals surface area (Å²) >= 11 is 6.16. The summed E-state index contributed by atoms with van der Waals surface area (Å²) < 4.78 is 0. The minimum absolute atomic E-state index is 0.176. The van der Waals surface area contributed by atoms with Crippen LogP contribution in [0.3, 0.4) is 0 Å². The van der Waals surface area contributed by atoms with E-state index in [1.807, 2.05) is 18.2 Å². The van der Waals surface area contributed by atoms with Crippen molar-refractivity contribution < 1.29 is 0 Å². The van der Waals surface area contributed by atoms with Crippen LogP contribution in [0.25, 0.3) is 0 Å². The minimum atomic E-state index is 0.176. The lowest BCUT2D eigenvalue weighted by Crippen LogP contribution is -2.19. The van der Waals surface area contributed by atoms with E-state index in [2.05, 4.69) is 34.1 Å². The molecule has 0 aliphatic heterocycles. The lowest BCUT2D eigenvalue weighted by molar-refractivity contribution is 0.556. The van der Waals surface area contributed by atoms with Crippen LogP contribution in [0, 0.1) is 0 Å². The number of hydrogen-bond donors (Lipinski definition) is 2. The Labute approximate surface area is 125 Å².